The molecule has 45 heavy (non-hydrogen) atoms. The topological polar surface area (TPSA) is 150 Å². The Morgan fingerprint density at radius 1 is 0.956 bits per heavy atom. The third-order valence-electron chi connectivity index (χ3n) is 8.23. The average Bonchev–Trinajstić information content (AvgIpc) is 3.05. The molecular weight excluding hydrogens is 588 g/mol. The minimum atomic E-state index is -2.90. The fourth-order valence-electron chi connectivity index (χ4n) is 5.63. The number of piperazine rings is 1. The van der Waals surface area contributed by atoms with Gasteiger partial charge in [-0.05, 0) is 32.9 Å². The van der Waals surface area contributed by atoms with Crippen LogP contribution in [0.4, 0.5) is 26.6 Å². The van der Waals surface area contributed by atoms with E-state index in [1.165, 1.54) is 6.20 Å². The maximum absolute atomic E-state index is 13.9. The van der Waals surface area contributed by atoms with Crippen LogP contribution in [0.15, 0.2) is 18.3 Å². The first-order valence-electron chi connectivity index (χ1n) is 15.3. The second-order valence-electron chi connectivity index (χ2n) is 11.7. The van der Waals surface area contributed by atoms with Crippen molar-refractivity contribution in [3.63, 3.8) is 0 Å². The molecule has 0 bridgehead atoms. The lowest BCUT2D eigenvalue weighted by molar-refractivity contribution is -0.133. The van der Waals surface area contributed by atoms with Crippen molar-refractivity contribution in [2.45, 2.75) is 25.7 Å². The van der Waals surface area contributed by atoms with E-state index in [4.69, 9.17) is 10.5 Å². The number of nitrogens with two attached hydrogens (primary N) is 1. The Labute approximate surface area is 261 Å². The molecule has 0 saturated carbocycles. The summed E-state index contributed by atoms with van der Waals surface area (Å²) in [5.41, 5.74) is 5.03. The molecule has 0 radical (unpaired) electrons. The number of nitrogens with zero attached hydrogens (tertiary/aromatic N) is 10. The van der Waals surface area contributed by atoms with Crippen LogP contribution in [0, 0.1) is 5.92 Å². The van der Waals surface area contributed by atoms with E-state index in [9.17, 15) is 18.4 Å². The third kappa shape index (κ3) is 8.36. The Kier molecular flexibility index (Phi) is 10.7. The summed E-state index contributed by atoms with van der Waals surface area (Å²) < 4.78 is 33.3. The Hall–Kier alpha value is -4.05. The smallest absolute Gasteiger partial charge is 0.281 e. The fourth-order valence-corrected chi connectivity index (χ4v) is 5.63. The molecule has 5 rings (SSSR count). The number of hydrogen-bond acceptors (Lipinski definition) is 12. The standard InChI is InChI=1S/C29H41F2N11O3/c1-38(2)7-3-4-22(43)39-8-5-20(6-9-39)18-23(44)40-10-12-41(13-11-40)28-35-26(21-19-33-27(32)34-24(21)25(30)31)36-29(37-28)42-14-16-45-17-15-42/h3-4,19-20,25H,5-18H2,1-2H3,(H2,32,33,34)/b4-3+. The number of aromatic nitrogens is 5. The van der Waals surface area contributed by atoms with Gasteiger partial charge in [-0.1, -0.05) is 6.08 Å². The van der Waals surface area contributed by atoms with Crippen molar-refractivity contribution in [3.8, 4) is 11.4 Å². The molecule has 3 aliphatic rings. The van der Waals surface area contributed by atoms with Crippen LogP contribution in [-0.2, 0) is 14.3 Å². The number of nitrogen functional groups attached to an aromatic ring is 1. The molecule has 0 atom stereocenters. The van der Waals surface area contributed by atoms with Gasteiger partial charge in [0.2, 0.25) is 29.7 Å². The number of rotatable bonds is 9. The minimum Gasteiger partial charge on any atom is -0.378 e. The van der Waals surface area contributed by atoms with Crippen LogP contribution in [0.5, 0.6) is 0 Å². The number of alkyl halides is 2. The second kappa shape index (κ2) is 14.8. The molecule has 16 heteroatoms. The molecule has 2 aromatic rings. The molecule has 3 fully saturated rings. The lowest BCUT2D eigenvalue weighted by Crippen LogP contribution is -2.50. The number of anilines is 3. The Morgan fingerprint density at radius 2 is 1.60 bits per heavy atom. The number of carbonyl (C=O) groups is 2. The van der Waals surface area contributed by atoms with E-state index in [2.05, 4.69) is 24.9 Å². The van der Waals surface area contributed by atoms with E-state index in [0.29, 0.717) is 90.4 Å². The molecule has 5 heterocycles. The van der Waals surface area contributed by atoms with Gasteiger partial charge in [0, 0.05) is 77.6 Å². The SMILES string of the molecule is CN(C)C/C=C/C(=O)N1CCC(CC(=O)N2CCN(c3nc(-c4cnc(N)nc4C(F)F)nc(N4CCOCC4)n3)CC2)CC1. The highest BCUT2D eigenvalue weighted by Crippen LogP contribution is 2.30. The number of ether oxygens (including phenoxy) is 1. The van der Waals surface area contributed by atoms with Crippen LogP contribution in [-0.4, -0.2) is 138 Å². The van der Waals surface area contributed by atoms with Gasteiger partial charge < -0.3 is 35.0 Å². The van der Waals surface area contributed by atoms with Crippen molar-refractivity contribution < 1.29 is 23.1 Å². The normalized spacial score (nSPS) is 18.4. The zero-order valence-electron chi connectivity index (χ0n) is 25.8. The summed E-state index contributed by atoms with van der Waals surface area (Å²) >= 11 is 0. The molecule has 2 N–H and O–H groups in total. The molecule has 0 unspecified atom stereocenters. The molecule has 3 saturated heterocycles. The van der Waals surface area contributed by atoms with Crippen molar-refractivity contribution in [2.24, 2.45) is 5.92 Å². The first-order valence-corrected chi connectivity index (χ1v) is 15.3. The number of hydrogen-bond donors (Lipinski definition) is 1. The zero-order chi connectivity index (χ0) is 31.9. The van der Waals surface area contributed by atoms with Gasteiger partial charge in [0.15, 0.2) is 5.82 Å². The molecule has 244 valence electrons. The number of halogens is 2. The average molecular weight is 630 g/mol. The van der Waals surface area contributed by atoms with Gasteiger partial charge in [0.1, 0.15) is 5.69 Å². The Balaban J connectivity index is 1.21. The van der Waals surface area contributed by atoms with E-state index >= 15 is 0 Å². The molecule has 14 nitrogen and oxygen atoms in total. The van der Waals surface area contributed by atoms with E-state index in [0.717, 1.165) is 12.8 Å². The van der Waals surface area contributed by atoms with Crippen molar-refractivity contribution in [3.05, 3.63) is 24.0 Å². The summed E-state index contributed by atoms with van der Waals surface area (Å²) in [6.45, 7) is 6.01. The first-order chi connectivity index (χ1) is 21.7. The Bertz CT molecular complexity index is 1360. The number of likely N-dealkylation sites (N-methyl/N-ethyl adjacent to an activating group) is 1. The predicted molar refractivity (Wildman–Crippen MR) is 164 cm³/mol. The monoisotopic (exact) mass is 629 g/mol. The highest BCUT2D eigenvalue weighted by atomic mass is 19.3. The van der Waals surface area contributed by atoms with Gasteiger partial charge in [0.05, 0.1) is 18.8 Å². The highest BCUT2D eigenvalue weighted by Gasteiger charge is 2.29. The van der Waals surface area contributed by atoms with Gasteiger partial charge >= 0.3 is 0 Å². The van der Waals surface area contributed by atoms with Crippen LogP contribution in [0.3, 0.4) is 0 Å². The summed E-state index contributed by atoms with van der Waals surface area (Å²) in [5, 5.41) is 0. The van der Waals surface area contributed by atoms with Gasteiger partial charge in [-0.3, -0.25) is 9.59 Å². The van der Waals surface area contributed by atoms with E-state index < -0.39 is 12.1 Å². The van der Waals surface area contributed by atoms with Crippen molar-refractivity contribution in [1.82, 2.24) is 39.6 Å². The lowest BCUT2D eigenvalue weighted by Gasteiger charge is -2.37. The number of piperidine rings is 1. The van der Waals surface area contributed by atoms with Gasteiger partial charge in [0.25, 0.3) is 6.43 Å². The summed E-state index contributed by atoms with van der Waals surface area (Å²) in [7, 11) is 3.91. The van der Waals surface area contributed by atoms with Gasteiger partial charge in [-0.2, -0.15) is 15.0 Å². The highest BCUT2D eigenvalue weighted by molar-refractivity contribution is 5.87. The first kappa shape index (κ1) is 32.3. The van der Waals surface area contributed by atoms with Crippen LogP contribution >= 0.6 is 0 Å². The van der Waals surface area contributed by atoms with Gasteiger partial charge in [-0.15, -0.1) is 0 Å². The summed E-state index contributed by atoms with van der Waals surface area (Å²) in [6.07, 6.45) is 3.86. The summed E-state index contributed by atoms with van der Waals surface area (Å²) in [6, 6.07) is 0. The predicted octanol–water partition coefficient (Wildman–Crippen LogP) is 1.08. The maximum atomic E-state index is 13.9. The molecule has 0 spiro atoms. The van der Waals surface area contributed by atoms with Crippen LogP contribution in [0.2, 0.25) is 0 Å². The van der Waals surface area contributed by atoms with Crippen LogP contribution < -0.4 is 15.5 Å². The zero-order valence-corrected chi connectivity index (χ0v) is 25.8. The van der Waals surface area contributed by atoms with Crippen molar-refractivity contribution in [2.75, 3.05) is 102 Å². The van der Waals surface area contributed by atoms with Crippen LogP contribution in [0.1, 0.15) is 31.4 Å². The molecule has 2 amide bonds. The molecular formula is C29H41F2N11O3. The molecule has 3 aliphatic heterocycles. The molecule has 2 aromatic heterocycles. The number of carbonyl (C=O) groups excluding carboxylic acids is 2. The van der Waals surface area contributed by atoms with Crippen molar-refractivity contribution >= 4 is 29.7 Å². The largest absolute Gasteiger partial charge is 0.378 e. The van der Waals surface area contributed by atoms with E-state index in [1.807, 2.05) is 44.7 Å². The second-order valence-corrected chi connectivity index (χ2v) is 11.7. The lowest BCUT2D eigenvalue weighted by atomic mass is 9.92. The Morgan fingerprint density at radius 3 is 2.22 bits per heavy atom. The number of morpholine rings is 1. The third-order valence-corrected chi connectivity index (χ3v) is 8.23. The summed E-state index contributed by atoms with van der Waals surface area (Å²) in [5.74, 6) is 0.812. The quantitative estimate of drug-likeness (QED) is 0.396. The number of likely N-dealkylation sites (tertiary alicyclic amines) is 1. The van der Waals surface area contributed by atoms with Gasteiger partial charge in [-0.25, -0.2) is 18.7 Å². The fraction of sp³-hybridized carbons (Fsp3) is 0.621. The molecule has 0 aliphatic carbocycles. The van der Waals surface area contributed by atoms with Crippen LogP contribution in [0.25, 0.3) is 11.4 Å². The van der Waals surface area contributed by atoms with Crippen molar-refractivity contribution in [1.29, 1.82) is 0 Å². The van der Waals surface area contributed by atoms with E-state index in [-0.39, 0.29) is 35.1 Å². The van der Waals surface area contributed by atoms with E-state index in [1.54, 1.807) is 6.08 Å². The number of amides is 2. The summed E-state index contributed by atoms with van der Waals surface area (Å²) in [4.78, 5) is 56.6. The maximum Gasteiger partial charge on any atom is 0.281 e. The molecule has 0 aromatic carbocycles. The minimum absolute atomic E-state index is 0.0106.